The van der Waals surface area contributed by atoms with Crippen molar-refractivity contribution >= 4 is 10.2 Å². The van der Waals surface area contributed by atoms with Gasteiger partial charge in [-0.3, -0.25) is 0 Å². The van der Waals surface area contributed by atoms with Crippen molar-refractivity contribution in [2.24, 2.45) is 0 Å². The van der Waals surface area contributed by atoms with E-state index in [1.165, 1.54) is 18.4 Å². The van der Waals surface area contributed by atoms with Gasteiger partial charge in [-0.2, -0.15) is 0 Å². The van der Waals surface area contributed by atoms with E-state index < -0.39 is 0 Å². The Morgan fingerprint density at radius 3 is 2.27 bits per heavy atom. The van der Waals surface area contributed by atoms with Crippen LogP contribution < -0.4 is 10.6 Å². The van der Waals surface area contributed by atoms with Crippen LogP contribution in [0.25, 0.3) is 0 Å². The lowest BCUT2D eigenvalue weighted by atomic mass is 10.2. The second kappa shape index (κ2) is 8.65. The lowest BCUT2D eigenvalue weighted by Crippen LogP contribution is -2.19. The minimum absolute atomic E-state index is 0.886. The Balaban J connectivity index is 1.93. The van der Waals surface area contributed by atoms with Crippen molar-refractivity contribution in [3.63, 3.8) is 0 Å². The van der Waals surface area contributed by atoms with Crippen molar-refractivity contribution in [1.29, 1.82) is 0 Å². The average Bonchev–Trinajstić information content (AvgIpc) is 2.29. The van der Waals surface area contributed by atoms with Gasteiger partial charge in [-0.25, -0.2) is 0 Å². The first-order chi connectivity index (χ1) is 7.43. The van der Waals surface area contributed by atoms with E-state index in [9.17, 15) is 0 Å². The highest BCUT2D eigenvalue weighted by molar-refractivity contribution is 6.08. The Hall–Kier alpha value is -0.643. The number of nitrogens with one attached hydrogen (secondary N) is 2. The molecule has 3 heteroatoms. The van der Waals surface area contributed by atoms with Gasteiger partial charge in [0, 0.05) is 16.8 Å². The van der Waals surface area contributed by atoms with Crippen molar-refractivity contribution in [3.05, 3.63) is 35.9 Å². The molecule has 1 aromatic rings. The molecule has 0 saturated carbocycles. The van der Waals surface area contributed by atoms with Gasteiger partial charge in [0.2, 0.25) is 0 Å². The van der Waals surface area contributed by atoms with Crippen LogP contribution in [0.4, 0.5) is 0 Å². The van der Waals surface area contributed by atoms with E-state index >= 15 is 0 Å². The maximum Gasteiger partial charge on any atom is 0.0428 e. The van der Waals surface area contributed by atoms with Crippen LogP contribution in [-0.4, -0.2) is 29.5 Å². The summed E-state index contributed by atoms with van der Waals surface area (Å²) in [7, 11) is 3.38. The van der Waals surface area contributed by atoms with Gasteiger partial charge in [0.15, 0.2) is 0 Å². The molecular formula is C12H19N2Si. The number of hydrogen-bond acceptors (Lipinski definition) is 2. The second-order valence-electron chi connectivity index (χ2n) is 3.55. The third-order valence-corrected chi connectivity index (χ3v) is 2.50. The summed E-state index contributed by atoms with van der Waals surface area (Å²) < 4.78 is 0. The molecule has 0 aliphatic rings. The summed E-state index contributed by atoms with van der Waals surface area (Å²) in [5.74, 6) is 0. The van der Waals surface area contributed by atoms with E-state index in [1.54, 1.807) is 0 Å². The topological polar surface area (TPSA) is 24.1 Å². The van der Waals surface area contributed by atoms with Crippen molar-refractivity contribution in [2.45, 2.75) is 19.4 Å². The van der Waals surface area contributed by atoms with Gasteiger partial charge in [0.1, 0.15) is 0 Å². The first kappa shape index (κ1) is 12.4. The van der Waals surface area contributed by atoms with Gasteiger partial charge < -0.3 is 10.6 Å². The fourth-order valence-electron chi connectivity index (χ4n) is 1.42. The minimum atomic E-state index is 0.886. The van der Waals surface area contributed by atoms with Crippen LogP contribution >= 0.6 is 0 Å². The molecule has 1 aromatic carbocycles. The highest BCUT2D eigenvalue weighted by atomic mass is 28.1. The Labute approximate surface area is 95.9 Å². The molecule has 0 saturated heterocycles. The summed E-state index contributed by atoms with van der Waals surface area (Å²) in [4.78, 5) is 0. The maximum absolute atomic E-state index is 3.44. The first-order valence-electron chi connectivity index (χ1n) is 5.53. The maximum atomic E-state index is 3.44. The Morgan fingerprint density at radius 2 is 1.60 bits per heavy atom. The normalized spacial score (nSPS) is 10.5. The highest BCUT2D eigenvalue weighted by Crippen LogP contribution is 1.97. The molecule has 0 unspecified atom stereocenters. The molecule has 0 heterocycles. The van der Waals surface area contributed by atoms with E-state index in [-0.39, 0.29) is 0 Å². The molecule has 0 amide bonds. The van der Waals surface area contributed by atoms with E-state index in [1.807, 2.05) is 0 Å². The summed E-state index contributed by atoms with van der Waals surface area (Å²) in [6, 6.07) is 10.5. The van der Waals surface area contributed by atoms with Gasteiger partial charge in [0.05, 0.1) is 0 Å². The lowest BCUT2D eigenvalue weighted by Gasteiger charge is -2.05. The van der Waals surface area contributed by atoms with Crippen LogP contribution in [0.5, 0.6) is 0 Å². The Morgan fingerprint density at radius 1 is 0.933 bits per heavy atom. The number of hydrogen-bond donors (Lipinski definition) is 2. The van der Waals surface area contributed by atoms with Gasteiger partial charge >= 0.3 is 0 Å². The molecule has 81 valence electrons. The minimum Gasteiger partial charge on any atom is -0.320 e. The fourth-order valence-corrected chi connectivity index (χ4v) is 1.59. The van der Waals surface area contributed by atoms with Crippen LogP contribution in [-0.2, 0) is 6.54 Å². The highest BCUT2D eigenvalue weighted by Gasteiger charge is 1.91. The van der Waals surface area contributed by atoms with Crippen molar-refractivity contribution in [1.82, 2.24) is 10.6 Å². The lowest BCUT2D eigenvalue weighted by molar-refractivity contribution is 0.602. The largest absolute Gasteiger partial charge is 0.320 e. The summed E-state index contributed by atoms with van der Waals surface area (Å²) in [6.07, 6.45) is 3.34. The van der Waals surface area contributed by atoms with Crippen molar-refractivity contribution in [3.8, 4) is 0 Å². The predicted octanol–water partition coefficient (Wildman–Crippen LogP) is 1.27. The summed E-state index contributed by atoms with van der Waals surface area (Å²) >= 11 is 0. The Bertz CT molecular complexity index is 239. The van der Waals surface area contributed by atoms with Gasteiger partial charge in [0.25, 0.3) is 0 Å². The molecule has 0 aromatic heterocycles. The van der Waals surface area contributed by atoms with Crippen LogP contribution in [0.1, 0.15) is 18.4 Å². The van der Waals surface area contributed by atoms with E-state index in [0.717, 1.165) is 25.8 Å². The molecule has 3 radical (unpaired) electrons. The zero-order chi connectivity index (χ0) is 10.8. The molecule has 0 bridgehead atoms. The monoisotopic (exact) mass is 219 g/mol. The molecular weight excluding hydrogens is 200 g/mol. The van der Waals surface area contributed by atoms with Gasteiger partial charge in [-0.05, 0) is 37.7 Å². The molecule has 2 N–H and O–H groups in total. The van der Waals surface area contributed by atoms with Crippen LogP contribution in [0.2, 0.25) is 0 Å². The Kier molecular flexibility index (Phi) is 7.16. The zero-order valence-corrected chi connectivity index (χ0v) is 10.1. The predicted molar refractivity (Wildman–Crippen MR) is 66.0 cm³/mol. The molecule has 0 fully saturated rings. The van der Waals surface area contributed by atoms with E-state index in [2.05, 4.69) is 51.2 Å². The molecule has 0 aliphatic heterocycles. The third-order valence-electron chi connectivity index (χ3n) is 2.25. The molecule has 1 rings (SSSR count). The van der Waals surface area contributed by atoms with Gasteiger partial charge in [-0.15, -0.1) is 0 Å². The molecule has 15 heavy (non-hydrogen) atoms. The number of benzene rings is 1. The number of unbranched alkanes of at least 4 members (excludes halogenated alkanes) is 1. The molecule has 0 spiro atoms. The number of rotatable bonds is 8. The van der Waals surface area contributed by atoms with Crippen LogP contribution in [0.15, 0.2) is 30.3 Å². The van der Waals surface area contributed by atoms with Gasteiger partial charge in [-0.1, -0.05) is 30.3 Å². The fraction of sp³-hybridized carbons (Fsp3) is 0.500. The quantitative estimate of drug-likeness (QED) is 0.508. The second-order valence-corrected chi connectivity index (χ2v) is 3.90. The first-order valence-corrected chi connectivity index (χ1v) is 6.24. The molecule has 2 nitrogen and oxygen atoms in total. The SMILES string of the molecule is [Si]CNCCCCNCc1ccccc1. The standard InChI is InChI=1S/C12H19N2Si/c15-11-14-9-5-4-8-13-10-12-6-2-1-3-7-12/h1-3,6-7,13-14H,4-5,8-11H2. The summed E-state index contributed by atoms with van der Waals surface area (Å²) in [5.41, 5.74) is 1.36. The average molecular weight is 219 g/mol. The smallest absolute Gasteiger partial charge is 0.0428 e. The van der Waals surface area contributed by atoms with E-state index in [4.69, 9.17) is 0 Å². The van der Waals surface area contributed by atoms with Crippen molar-refractivity contribution in [2.75, 3.05) is 19.3 Å². The summed E-state index contributed by atoms with van der Waals surface area (Å²) in [6.45, 7) is 3.17. The molecule has 0 atom stereocenters. The van der Waals surface area contributed by atoms with E-state index in [0.29, 0.717) is 0 Å². The summed E-state index contributed by atoms with van der Waals surface area (Å²) in [5, 5.41) is 6.68. The van der Waals surface area contributed by atoms with Crippen LogP contribution in [0, 0.1) is 0 Å². The molecule has 0 aliphatic carbocycles. The zero-order valence-electron chi connectivity index (χ0n) is 9.13. The third kappa shape index (κ3) is 6.44. The van der Waals surface area contributed by atoms with Crippen molar-refractivity contribution < 1.29 is 0 Å². The van der Waals surface area contributed by atoms with Crippen LogP contribution in [0.3, 0.4) is 0 Å².